The van der Waals surface area contributed by atoms with Crippen LogP contribution in [0.15, 0.2) is 6.07 Å². The Hall–Kier alpha value is -2.58. The quantitative estimate of drug-likeness (QED) is 0.596. The lowest BCUT2D eigenvalue weighted by Gasteiger charge is -2.67. The van der Waals surface area contributed by atoms with Gasteiger partial charge in [0.1, 0.15) is 6.10 Å². The van der Waals surface area contributed by atoms with Crippen LogP contribution in [0.4, 0.5) is 10.6 Å². The van der Waals surface area contributed by atoms with E-state index in [0.717, 1.165) is 25.0 Å². The Morgan fingerprint density at radius 2 is 1.90 bits per heavy atom. The zero-order valence-electron chi connectivity index (χ0n) is 17.1. The van der Waals surface area contributed by atoms with Gasteiger partial charge >= 0.3 is 6.09 Å². The fourth-order valence-corrected chi connectivity index (χ4v) is 4.97. The molecule has 5 rings (SSSR count). The molecule has 4 fully saturated rings. The van der Waals surface area contributed by atoms with Crippen LogP contribution in [0.2, 0.25) is 0 Å². The summed E-state index contributed by atoms with van der Waals surface area (Å²) in [7, 11) is 0. The summed E-state index contributed by atoms with van der Waals surface area (Å²) < 4.78 is 5.52. The lowest BCUT2D eigenvalue weighted by molar-refractivity contribution is -0.202. The third kappa shape index (κ3) is 3.58. The van der Waals surface area contributed by atoms with E-state index in [1.807, 2.05) is 26.8 Å². The lowest BCUT2D eigenvalue weighted by atomic mass is 9.34. The summed E-state index contributed by atoms with van der Waals surface area (Å²) in [5.74, 6) is 0.292. The first-order chi connectivity index (χ1) is 13.5. The first kappa shape index (κ1) is 19.7. The van der Waals surface area contributed by atoms with Gasteiger partial charge in [0.15, 0.2) is 5.82 Å². The van der Waals surface area contributed by atoms with Gasteiger partial charge in [-0.15, -0.1) is 0 Å². The molecule has 4 aliphatic rings. The van der Waals surface area contributed by atoms with Gasteiger partial charge in [-0.1, -0.05) is 0 Å². The van der Waals surface area contributed by atoms with Crippen LogP contribution in [0.25, 0.3) is 0 Å². The van der Waals surface area contributed by atoms with Crippen molar-refractivity contribution in [2.75, 3.05) is 5.32 Å². The van der Waals surface area contributed by atoms with Gasteiger partial charge in [0.25, 0.3) is 0 Å². The molecular formula is C20H29N5O4. The van der Waals surface area contributed by atoms with E-state index in [0.29, 0.717) is 25.1 Å². The SMILES string of the molecule is CC(C)(C)NC(=O)O[C@@H]1CC[C@H](c2cc(NC(=O)C34CC(C(N)=O)(C3)C4)n[nH]2)C1. The Morgan fingerprint density at radius 1 is 1.21 bits per heavy atom. The molecule has 0 saturated heterocycles. The van der Waals surface area contributed by atoms with Crippen molar-refractivity contribution in [3.8, 4) is 0 Å². The molecule has 5 N–H and O–H groups in total. The highest BCUT2D eigenvalue weighted by Gasteiger charge is 2.74. The van der Waals surface area contributed by atoms with Crippen molar-refractivity contribution in [1.29, 1.82) is 0 Å². The summed E-state index contributed by atoms with van der Waals surface area (Å²) in [6.45, 7) is 5.73. The van der Waals surface area contributed by atoms with Gasteiger partial charge in [-0.25, -0.2) is 4.79 Å². The molecule has 1 aromatic heterocycles. The van der Waals surface area contributed by atoms with E-state index in [1.54, 1.807) is 0 Å². The van der Waals surface area contributed by atoms with Crippen LogP contribution in [0.3, 0.4) is 0 Å². The third-order valence-corrected chi connectivity index (χ3v) is 6.45. The van der Waals surface area contributed by atoms with E-state index in [4.69, 9.17) is 10.5 Å². The summed E-state index contributed by atoms with van der Waals surface area (Å²) in [5.41, 5.74) is 5.09. The van der Waals surface area contributed by atoms with E-state index in [2.05, 4.69) is 20.8 Å². The van der Waals surface area contributed by atoms with Gasteiger partial charge in [-0.05, 0) is 59.3 Å². The number of aromatic amines is 1. The number of hydrogen-bond donors (Lipinski definition) is 4. The third-order valence-electron chi connectivity index (χ3n) is 6.45. The van der Waals surface area contributed by atoms with Crippen molar-refractivity contribution in [3.05, 3.63) is 11.8 Å². The zero-order valence-corrected chi connectivity index (χ0v) is 17.1. The number of alkyl carbamates (subject to hydrolysis) is 1. The molecule has 2 bridgehead atoms. The van der Waals surface area contributed by atoms with Crippen molar-refractivity contribution in [2.45, 2.75) is 76.9 Å². The number of anilines is 1. The molecular weight excluding hydrogens is 374 g/mol. The Kier molecular flexibility index (Phi) is 4.40. The number of carbonyl (C=O) groups excluding carboxylic acids is 3. The van der Waals surface area contributed by atoms with Crippen molar-refractivity contribution in [3.63, 3.8) is 0 Å². The lowest BCUT2D eigenvalue weighted by Crippen LogP contribution is -2.71. The molecule has 0 aliphatic heterocycles. The summed E-state index contributed by atoms with van der Waals surface area (Å²) in [4.78, 5) is 35.9. The highest BCUT2D eigenvalue weighted by Crippen LogP contribution is 2.73. The Morgan fingerprint density at radius 3 is 2.52 bits per heavy atom. The molecule has 4 aliphatic carbocycles. The number of ether oxygens (including phenoxy) is 1. The van der Waals surface area contributed by atoms with Crippen LogP contribution < -0.4 is 16.4 Å². The Labute approximate surface area is 169 Å². The van der Waals surface area contributed by atoms with Gasteiger partial charge in [0, 0.05) is 23.2 Å². The number of hydrogen-bond acceptors (Lipinski definition) is 5. The molecule has 4 saturated carbocycles. The van der Waals surface area contributed by atoms with E-state index in [-0.39, 0.29) is 29.4 Å². The number of nitrogens with one attached hydrogen (secondary N) is 3. The molecule has 1 heterocycles. The van der Waals surface area contributed by atoms with Gasteiger partial charge in [0.2, 0.25) is 11.8 Å². The maximum absolute atomic E-state index is 12.6. The minimum atomic E-state index is -0.457. The fourth-order valence-electron chi connectivity index (χ4n) is 4.97. The molecule has 2 atom stereocenters. The summed E-state index contributed by atoms with van der Waals surface area (Å²) >= 11 is 0. The number of aromatic nitrogens is 2. The molecule has 1 aromatic rings. The van der Waals surface area contributed by atoms with E-state index < -0.39 is 16.9 Å². The number of primary amides is 1. The first-order valence-electron chi connectivity index (χ1n) is 10.2. The minimum Gasteiger partial charge on any atom is -0.446 e. The number of amides is 3. The minimum absolute atomic E-state index is 0.0924. The van der Waals surface area contributed by atoms with Gasteiger partial charge in [-0.2, -0.15) is 5.10 Å². The smallest absolute Gasteiger partial charge is 0.407 e. The van der Waals surface area contributed by atoms with Gasteiger partial charge < -0.3 is 21.1 Å². The van der Waals surface area contributed by atoms with Gasteiger partial charge in [-0.3, -0.25) is 14.7 Å². The van der Waals surface area contributed by atoms with Crippen molar-refractivity contribution >= 4 is 23.7 Å². The number of nitrogens with zero attached hydrogens (tertiary/aromatic N) is 1. The largest absolute Gasteiger partial charge is 0.446 e. The molecule has 29 heavy (non-hydrogen) atoms. The molecule has 9 nitrogen and oxygen atoms in total. The molecule has 0 spiro atoms. The number of rotatable bonds is 5. The predicted octanol–water partition coefficient (Wildman–Crippen LogP) is 2.16. The molecule has 158 valence electrons. The fraction of sp³-hybridized carbons (Fsp3) is 0.700. The van der Waals surface area contributed by atoms with E-state index in [1.165, 1.54) is 0 Å². The number of carbonyl (C=O) groups is 3. The maximum Gasteiger partial charge on any atom is 0.407 e. The monoisotopic (exact) mass is 403 g/mol. The highest BCUT2D eigenvalue weighted by molar-refractivity contribution is 6.01. The topological polar surface area (TPSA) is 139 Å². The van der Waals surface area contributed by atoms with Crippen molar-refractivity contribution in [1.82, 2.24) is 15.5 Å². The van der Waals surface area contributed by atoms with Crippen molar-refractivity contribution in [2.24, 2.45) is 16.6 Å². The Balaban J connectivity index is 1.27. The van der Waals surface area contributed by atoms with Gasteiger partial charge in [0.05, 0.1) is 10.8 Å². The normalized spacial score (nSPS) is 32.7. The second-order valence-electron chi connectivity index (χ2n) is 10.0. The predicted molar refractivity (Wildman–Crippen MR) is 105 cm³/mol. The molecule has 0 radical (unpaired) electrons. The summed E-state index contributed by atoms with van der Waals surface area (Å²) in [5, 5.41) is 12.9. The molecule has 0 unspecified atom stereocenters. The van der Waals surface area contributed by atoms with Crippen LogP contribution in [-0.4, -0.2) is 39.7 Å². The van der Waals surface area contributed by atoms with Crippen molar-refractivity contribution < 1.29 is 19.1 Å². The highest BCUT2D eigenvalue weighted by atomic mass is 16.6. The van der Waals surface area contributed by atoms with Crippen LogP contribution in [-0.2, 0) is 14.3 Å². The second kappa shape index (κ2) is 6.47. The maximum atomic E-state index is 12.6. The van der Waals surface area contributed by atoms with Crippen LogP contribution in [0.5, 0.6) is 0 Å². The second-order valence-corrected chi connectivity index (χ2v) is 10.0. The number of nitrogens with two attached hydrogens (primary N) is 1. The van der Waals surface area contributed by atoms with E-state index in [9.17, 15) is 14.4 Å². The first-order valence-corrected chi connectivity index (χ1v) is 10.2. The summed E-state index contributed by atoms with van der Waals surface area (Å²) in [6.07, 6.45) is 3.49. The van der Waals surface area contributed by atoms with Crippen LogP contribution in [0, 0.1) is 10.8 Å². The number of H-pyrrole nitrogens is 1. The molecule has 9 heteroatoms. The zero-order chi connectivity index (χ0) is 21.0. The average Bonchev–Trinajstić information content (AvgIpc) is 3.10. The molecule has 3 amide bonds. The standard InChI is InChI=1S/C20H29N5O4/c1-18(2,3)23-17(28)29-12-5-4-11(6-12)13-7-14(25-24-13)22-16(27)20-8-19(9-20,10-20)15(21)26/h7,11-12H,4-6,8-10H2,1-3H3,(H2,21,26)(H,23,28)(H2,22,24,25,27)/t11-,12+,19?,20?/m0/s1. The van der Waals surface area contributed by atoms with E-state index >= 15 is 0 Å². The average molecular weight is 403 g/mol. The van der Waals surface area contributed by atoms with Crippen LogP contribution in [0.1, 0.15) is 70.9 Å². The Bertz CT molecular complexity index is 836. The van der Waals surface area contributed by atoms with Crippen LogP contribution >= 0.6 is 0 Å². The summed E-state index contributed by atoms with van der Waals surface area (Å²) in [6, 6.07) is 1.84. The molecule has 0 aromatic carbocycles.